The summed E-state index contributed by atoms with van der Waals surface area (Å²) in [4.78, 5) is 0. The molecular weight excluding hydrogens is 152 g/mol. The summed E-state index contributed by atoms with van der Waals surface area (Å²) in [5.41, 5.74) is 0.820. The van der Waals surface area contributed by atoms with Gasteiger partial charge in [-0.15, -0.1) is 0 Å². The van der Waals surface area contributed by atoms with Gasteiger partial charge in [-0.2, -0.15) is 0 Å². The van der Waals surface area contributed by atoms with Crippen LogP contribution in [0.15, 0.2) is 30.3 Å². The van der Waals surface area contributed by atoms with Gasteiger partial charge in [0.05, 0.1) is 12.2 Å². The van der Waals surface area contributed by atoms with E-state index < -0.39 is 12.2 Å². The van der Waals surface area contributed by atoms with Crippen LogP contribution >= 0.6 is 0 Å². The third-order valence-corrected chi connectivity index (χ3v) is 1.68. The number of hydrogen-bond acceptors (Lipinski definition) is 2. The van der Waals surface area contributed by atoms with Gasteiger partial charge in [-0.05, 0) is 12.5 Å². The molecule has 0 heterocycles. The van der Waals surface area contributed by atoms with Crippen molar-refractivity contribution in [3.05, 3.63) is 42.8 Å². The Bertz CT molecular complexity index is 219. The van der Waals surface area contributed by atoms with Gasteiger partial charge in [0.1, 0.15) is 0 Å². The lowest BCUT2D eigenvalue weighted by atomic mass is 10.0. The molecule has 2 unspecified atom stereocenters. The third kappa shape index (κ3) is 2.64. The first-order valence-corrected chi connectivity index (χ1v) is 3.94. The quantitative estimate of drug-likeness (QED) is 0.708. The first-order chi connectivity index (χ1) is 5.70. The molecule has 0 aromatic heterocycles. The second-order valence-electron chi connectivity index (χ2n) is 2.82. The van der Waals surface area contributed by atoms with E-state index in [4.69, 9.17) is 5.11 Å². The minimum Gasteiger partial charge on any atom is -0.393 e. The Morgan fingerprint density at radius 1 is 1.17 bits per heavy atom. The highest BCUT2D eigenvalue weighted by Gasteiger charge is 2.09. The maximum absolute atomic E-state index is 9.49. The van der Waals surface area contributed by atoms with Crippen LogP contribution in [0, 0.1) is 6.92 Å². The molecule has 2 atom stereocenters. The molecule has 2 heteroatoms. The highest BCUT2D eigenvalue weighted by atomic mass is 16.3. The van der Waals surface area contributed by atoms with Crippen LogP contribution in [0.1, 0.15) is 18.1 Å². The fraction of sp³-hybridized carbons (Fsp3) is 0.300. The summed E-state index contributed by atoms with van der Waals surface area (Å²) in [5, 5.41) is 18.4. The van der Waals surface area contributed by atoms with Gasteiger partial charge in [0, 0.05) is 6.42 Å². The van der Waals surface area contributed by atoms with Crippen molar-refractivity contribution in [2.24, 2.45) is 0 Å². The van der Waals surface area contributed by atoms with Crippen molar-refractivity contribution in [2.45, 2.75) is 18.6 Å². The third-order valence-electron chi connectivity index (χ3n) is 1.68. The number of aliphatic hydroxyl groups excluding tert-OH is 2. The van der Waals surface area contributed by atoms with Gasteiger partial charge < -0.3 is 10.2 Å². The number of rotatable bonds is 3. The van der Waals surface area contributed by atoms with Gasteiger partial charge in [-0.25, -0.2) is 0 Å². The van der Waals surface area contributed by atoms with Crippen LogP contribution in [-0.2, 0) is 0 Å². The fourth-order valence-corrected chi connectivity index (χ4v) is 1.07. The number of benzene rings is 1. The van der Waals surface area contributed by atoms with Gasteiger partial charge in [0.25, 0.3) is 0 Å². The molecule has 1 aromatic rings. The first kappa shape index (κ1) is 9.23. The molecule has 0 aliphatic carbocycles. The minimum absolute atomic E-state index is 0.282. The smallest absolute Gasteiger partial charge is 0.0814 e. The van der Waals surface area contributed by atoms with Crippen LogP contribution in [0.4, 0.5) is 0 Å². The molecule has 65 valence electrons. The van der Waals surface area contributed by atoms with E-state index in [0.717, 1.165) is 5.56 Å². The second-order valence-corrected chi connectivity index (χ2v) is 2.82. The predicted molar refractivity (Wildman–Crippen MR) is 47.4 cm³/mol. The maximum atomic E-state index is 9.49. The molecule has 2 N–H and O–H groups in total. The molecule has 0 spiro atoms. The molecule has 1 rings (SSSR count). The van der Waals surface area contributed by atoms with E-state index in [2.05, 4.69) is 6.92 Å². The minimum atomic E-state index is -0.708. The Hall–Kier alpha value is -0.860. The summed E-state index contributed by atoms with van der Waals surface area (Å²) >= 11 is 0. The molecule has 0 aliphatic heterocycles. The molecule has 0 saturated carbocycles. The van der Waals surface area contributed by atoms with E-state index in [-0.39, 0.29) is 6.42 Å². The van der Waals surface area contributed by atoms with E-state index in [9.17, 15) is 5.11 Å². The lowest BCUT2D eigenvalue weighted by molar-refractivity contribution is 0.103. The number of hydrogen-bond donors (Lipinski definition) is 2. The van der Waals surface area contributed by atoms with Crippen LogP contribution in [0.2, 0.25) is 0 Å². The Morgan fingerprint density at radius 2 is 1.75 bits per heavy atom. The molecule has 12 heavy (non-hydrogen) atoms. The van der Waals surface area contributed by atoms with Gasteiger partial charge in [0.15, 0.2) is 0 Å². The molecule has 0 aliphatic rings. The van der Waals surface area contributed by atoms with Gasteiger partial charge >= 0.3 is 0 Å². The average molecular weight is 165 g/mol. The van der Waals surface area contributed by atoms with E-state index in [0.29, 0.717) is 0 Å². The van der Waals surface area contributed by atoms with Crippen LogP contribution in [0.3, 0.4) is 0 Å². The van der Waals surface area contributed by atoms with Crippen molar-refractivity contribution in [2.75, 3.05) is 0 Å². The van der Waals surface area contributed by atoms with E-state index in [1.54, 1.807) is 0 Å². The molecule has 1 radical (unpaired) electrons. The van der Waals surface area contributed by atoms with Crippen molar-refractivity contribution in [1.82, 2.24) is 0 Å². The lowest BCUT2D eigenvalue weighted by Crippen LogP contribution is -2.07. The monoisotopic (exact) mass is 165 g/mol. The first-order valence-electron chi connectivity index (χ1n) is 3.94. The van der Waals surface area contributed by atoms with Crippen LogP contribution in [-0.4, -0.2) is 16.3 Å². The average Bonchev–Trinajstić information content (AvgIpc) is 2.05. The van der Waals surface area contributed by atoms with E-state index in [1.807, 2.05) is 30.3 Å². The zero-order valence-electron chi connectivity index (χ0n) is 6.85. The van der Waals surface area contributed by atoms with Gasteiger partial charge in [-0.1, -0.05) is 30.3 Å². The molecule has 2 nitrogen and oxygen atoms in total. The summed E-state index contributed by atoms with van der Waals surface area (Å²) in [5.74, 6) is 0. The largest absolute Gasteiger partial charge is 0.393 e. The number of aliphatic hydroxyl groups is 2. The van der Waals surface area contributed by atoms with Crippen molar-refractivity contribution in [1.29, 1.82) is 0 Å². The zero-order chi connectivity index (χ0) is 8.97. The Kier molecular flexibility index (Phi) is 3.26. The van der Waals surface area contributed by atoms with E-state index >= 15 is 0 Å². The van der Waals surface area contributed by atoms with Crippen molar-refractivity contribution in [3.63, 3.8) is 0 Å². The van der Waals surface area contributed by atoms with Crippen molar-refractivity contribution in [3.8, 4) is 0 Å². The molecule has 0 amide bonds. The van der Waals surface area contributed by atoms with Crippen LogP contribution in [0.5, 0.6) is 0 Å². The SMILES string of the molecule is [CH2]C(O)CC(O)c1ccccc1. The van der Waals surface area contributed by atoms with Gasteiger partial charge in [0.2, 0.25) is 0 Å². The highest BCUT2D eigenvalue weighted by molar-refractivity contribution is 5.17. The Labute approximate surface area is 72.5 Å². The summed E-state index contributed by atoms with van der Waals surface area (Å²) in [6.07, 6.45) is -1.04. The zero-order valence-corrected chi connectivity index (χ0v) is 6.85. The molecule has 0 bridgehead atoms. The maximum Gasteiger partial charge on any atom is 0.0814 e. The standard InChI is InChI=1S/C10H13O2/c1-8(11)7-10(12)9-5-3-2-4-6-9/h2-6,8,10-12H,1,7H2. The predicted octanol–water partition coefficient (Wildman–Crippen LogP) is 1.31. The van der Waals surface area contributed by atoms with Crippen LogP contribution < -0.4 is 0 Å². The Morgan fingerprint density at radius 3 is 2.25 bits per heavy atom. The molecule has 1 aromatic carbocycles. The Balaban J connectivity index is 2.59. The van der Waals surface area contributed by atoms with Gasteiger partial charge in [-0.3, -0.25) is 0 Å². The molecular formula is C10H13O2. The summed E-state index contributed by atoms with van der Waals surface area (Å²) in [6.45, 7) is 3.40. The summed E-state index contributed by atoms with van der Waals surface area (Å²) in [6, 6.07) is 9.25. The second kappa shape index (κ2) is 4.24. The highest BCUT2D eigenvalue weighted by Crippen LogP contribution is 2.16. The topological polar surface area (TPSA) is 40.5 Å². The fourth-order valence-electron chi connectivity index (χ4n) is 1.07. The van der Waals surface area contributed by atoms with Crippen molar-refractivity contribution < 1.29 is 10.2 Å². The molecule has 0 fully saturated rings. The normalized spacial score (nSPS) is 15.6. The van der Waals surface area contributed by atoms with E-state index in [1.165, 1.54) is 0 Å². The summed E-state index contributed by atoms with van der Waals surface area (Å²) in [7, 11) is 0. The lowest BCUT2D eigenvalue weighted by Gasteiger charge is -2.11. The van der Waals surface area contributed by atoms with Crippen LogP contribution in [0.25, 0.3) is 0 Å². The van der Waals surface area contributed by atoms with Crippen molar-refractivity contribution >= 4 is 0 Å². The molecule has 0 saturated heterocycles. The summed E-state index contributed by atoms with van der Waals surface area (Å²) < 4.78 is 0.